The van der Waals surface area contributed by atoms with Crippen LogP contribution in [0.2, 0.25) is 0 Å². The van der Waals surface area contributed by atoms with Crippen molar-refractivity contribution in [2.75, 3.05) is 27.2 Å². The molecule has 5 heteroatoms. The zero-order chi connectivity index (χ0) is 25.1. The van der Waals surface area contributed by atoms with Gasteiger partial charge in [0, 0.05) is 30.1 Å². The van der Waals surface area contributed by atoms with Crippen LogP contribution in [-0.2, 0) is 10.2 Å². The van der Waals surface area contributed by atoms with Gasteiger partial charge in [0.15, 0.2) is 6.23 Å². The van der Waals surface area contributed by atoms with Crippen LogP contribution >= 0.6 is 0 Å². The molecular weight excluding hydrogens is 422 g/mol. The summed E-state index contributed by atoms with van der Waals surface area (Å²) in [7, 11) is 4.22. The van der Waals surface area contributed by atoms with E-state index < -0.39 is 6.23 Å². The normalized spacial score (nSPS) is 24.3. The van der Waals surface area contributed by atoms with Crippen LogP contribution in [0.5, 0.6) is 0 Å². The molecule has 1 heterocycles. The number of allylic oxidation sites excluding steroid dienone is 3. The van der Waals surface area contributed by atoms with Crippen LogP contribution in [-0.4, -0.2) is 53.5 Å². The van der Waals surface area contributed by atoms with Crippen molar-refractivity contribution < 1.29 is 9.90 Å². The van der Waals surface area contributed by atoms with Gasteiger partial charge in [-0.25, -0.2) is 0 Å². The molecule has 2 N–H and O–H groups in total. The van der Waals surface area contributed by atoms with Gasteiger partial charge in [0.2, 0.25) is 0 Å². The molecule has 0 bridgehead atoms. The third-order valence-electron chi connectivity index (χ3n) is 6.85. The number of benzene rings is 1. The van der Waals surface area contributed by atoms with E-state index in [1.807, 2.05) is 56.3 Å². The molecule has 1 aromatic carbocycles. The smallest absolute Gasteiger partial charge is 0.270 e. The van der Waals surface area contributed by atoms with Crippen LogP contribution in [0, 0.1) is 5.92 Å². The van der Waals surface area contributed by atoms with Gasteiger partial charge in [-0.3, -0.25) is 9.69 Å². The number of carbonyl (C=O) groups excluding carboxylic acids is 1. The van der Waals surface area contributed by atoms with Gasteiger partial charge < -0.3 is 15.3 Å². The molecule has 4 rings (SSSR count). The first-order valence-electron chi connectivity index (χ1n) is 12.4. The van der Waals surface area contributed by atoms with E-state index in [1.165, 1.54) is 5.56 Å². The second-order valence-corrected chi connectivity index (χ2v) is 10.4. The molecule has 1 fully saturated rings. The zero-order valence-corrected chi connectivity index (χ0v) is 21.8. The number of fused-ring (bicyclic) bond motifs is 1. The average molecular weight is 464 g/mol. The minimum atomic E-state index is -0.968. The summed E-state index contributed by atoms with van der Waals surface area (Å²) in [6.07, 6.45) is 12.6. The summed E-state index contributed by atoms with van der Waals surface area (Å²) < 4.78 is 0. The Labute approximate surface area is 205 Å². The quantitative estimate of drug-likeness (QED) is 0.365. The molecule has 1 aliphatic heterocycles. The van der Waals surface area contributed by atoms with E-state index in [-0.39, 0.29) is 16.9 Å². The Bertz CT molecular complexity index is 987. The van der Waals surface area contributed by atoms with Gasteiger partial charge in [-0.05, 0) is 43.1 Å². The summed E-state index contributed by atoms with van der Waals surface area (Å²) in [5, 5.41) is 14.0. The summed E-state index contributed by atoms with van der Waals surface area (Å²) >= 11 is 0. The molecule has 0 saturated heterocycles. The maximum absolute atomic E-state index is 13.2. The highest BCUT2D eigenvalue weighted by molar-refractivity contribution is 5.94. The van der Waals surface area contributed by atoms with Gasteiger partial charge in [-0.2, -0.15) is 0 Å². The summed E-state index contributed by atoms with van der Waals surface area (Å²) in [6, 6.07) is 7.92. The number of likely N-dealkylation sites (N-methyl/N-ethyl adjacent to an activating group) is 1. The molecule has 5 nitrogen and oxygen atoms in total. The topological polar surface area (TPSA) is 55.8 Å². The van der Waals surface area contributed by atoms with Gasteiger partial charge in [-0.1, -0.05) is 89.3 Å². The Balaban J connectivity index is 0.00000158. The van der Waals surface area contributed by atoms with Crippen LogP contribution in [0.25, 0.3) is 0 Å². The molecule has 0 spiro atoms. The summed E-state index contributed by atoms with van der Waals surface area (Å²) in [5.74, 6) is 0.364. The highest BCUT2D eigenvalue weighted by atomic mass is 16.3. The lowest BCUT2D eigenvalue weighted by Crippen LogP contribution is -2.36. The molecule has 1 amide bonds. The SMILES string of the molecule is CC.CN(C)C12C=CC(/C=C(/NC(O)c3ccc(C(C)(C)C)cc3)C(=O)N3CC=CC3)=CC1C2. The van der Waals surface area contributed by atoms with Gasteiger partial charge in [0.25, 0.3) is 5.91 Å². The molecule has 0 radical (unpaired) electrons. The molecule has 1 aromatic rings. The van der Waals surface area contributed by atoms with Crippen LogP contribution < -0.4 is 5.32 Å². The van der Waals surface area contributed by atoms with Crippen LogP contribution in [0.4, 0.5) is 0 Å². The van der Waals surface area contributed by atoms with Crippen molar-refractivity contribution in [3.8, 4) is 0 Å². The number of nitrogens with one attached hydrogen (secondary N) is 1. The van der Waals surface area contributed by atoms with Crippen molar-refractivity contribution in [2.24, 2.45) is 5.92 Å². The minimum absolute atomic E-state index is 0.0467. The summed E-state index contributed by atoms with van der Waals surface area (Å²) in [6.45, 7) is 11.7. The number of hydrogen-bond donors (Lipinski definition) is 2. The lowest BCUT2D eigenvalue weighted by Gasteiger charge is -2.25. The second-order valence-electron chi connectivity index (χ2n) is 10.4. The summed E-state index contributed by atoms with van der Waals surface area (Å²) in [5.41, 5.74) is 3.53. The first-order valence-corrected chi connectivity index (χ1v) is 12.4. The Morgan fingerprint density at radius 2 is 1.79 bits per heavy atom. The number of carbonyl (C=O) groups is 1. The van der Waals surface area contributed by atoms with E-state index >= 15 is 0 Å². The standard InChI is InChI=1S/C27H35N3O2.C2H6/c1-26(2,3)21-10-8-20(9-11-21)24(31)28-23(25(32)30-14-6-7-15-30)17-19-12-13-27(29(4)5)18-22(27)16-19;1-2/h6-13,16-17,22,24,28,31H,14-15,18H2,1-5H3;1-2H3/b23-17+;. The number of aliphatic hydroxyl groups excluding tert-OH is 1. The maximum atomic E-state index is 13.2. The highest BCUT2D eigenvalue weighted by Gasteiger charge is 2.53. The molecule has 3 aliphatic rings. The fourth-order valence-electron chi connectivity index (χ4n) is 4.52. The van der Waals surface area contributed by atoms with Crippen LogP contribution in [0.15, 0.2) is 72.0 Å². The van der Waals surface area contributed by atoms with Gasteiger partial charge >= 0.3 is 0 Å². The summed E-state index contributed by atoms with van der Waals surface area (Å²) in [4.78, 5) is 17.2. The first kappa shape index (κ1) is 26.0. The molecule has 3 unspecified atom stereocenters. The minimum Gasteiger partial charge on any atom is -0.369 e. The van der Waals surface area contributed by atoms with E-state index in [9.17, 15) is 9.90 Å². The van der Waals surface area contributed by atoms with E-state index in [0.29, 0.717) is 24.7 Å². The van der Waals surface area contributed by atoms with E-state index in [4.69, 9.17) is 0 Å². The Hall–Kier alpha value is -2.63. The van der Waals surface area contributed by atoms with E-state index in [2.05, 4.69) is 63.3 Å². The zero-order valence-electron chi connectivity index (χ0n) is 21.8. The number of nitrogens with zero attached hydrogens (tertiary/aromatic N) is 2. The first-order chi connectivity index (χ1) is 16.1. The van der Waals surface area contributed by atoms with Crippen molar-refractivity contribution in [1.29, 1.82) is 0 Å². The van der Waals surface area contributed by atoms with Crippen molar-refractivity contribution in [3.63, 3.8) is 0 Å². The molecule has 0 aromatic heterocycles. The predicted molar refractivity (Wildman–Crippen MR) is 140 cm³/mol. The lowest BCUT2D eigenvalue weighted by atomic mass is 9.86. The molecule has 1 saturated carbocycles. The molecule has 2 aliphatic carbocycles. The predicted octanol–water partition coefficient (Wildman–Crippen LogP) is 4.69. The van der Waals surface area contributed by atoms with Crippen LogP contribution in [0.1, 0.15) is 58.4 Å². The van der Waals surface area contributed by atoms with Crippen molar-refractivity contribution >= 4 is 5.91 Å². The van der Waals surface area contributed by atoms with Crippen LogP contribution in [0.3, 0.4) is 0 Å². The fraction of sp³-hybridized carbons (Fsp3) is 0.483. The van der Waals surface area contributed by atoms with E-state index in [1.54, 1.807) is 4.90 Å². The van der Waals surface area contributed by atoms with Crippen molar-refractivity contribution in [2.45, 2.75) is 58.2 Å². The second kappa shape index (κ2) is 10.3. The molecule has 34 heavy (non-hydrogen) atoms. The number of amides is 1. The average Bonchev–Trinajstić information content (AvgIpc) is 3.30. The number of aliphatic hydroxyl groups is 1. The Morgan fingerprint density at radius 1 is 1.18 bits per heavy atom. The maximum Gasteiger partial charge on any atom is 0.270 e. The molecule has 3 atom stereocenters. The number of hydrogen-bond acceptors (Lipinski definition) is 4. The monoisotopic (exact) mass is 463 g/mol. The van der Waals surface area contributed by atoms with Crippen molar-refractivity contribution in [3.05, 3.63) is 83.1 Å². The van der Waals surface area contributed by atoms with Crippen molar-refractivity contribution in [1.82, 2.24) is 15.1 Å². The van der Waals surface area contributed by atoms with Gasteiger partial charge in [0.05, 0.1) is 0 Å². The third-order valence-corrected chi connectivity index (χ3v) is 6.85. The van der Waals surface area contributed by atoms with E-state index in [0.717, 1.165) is 17.6 Å². The largest absolute Gasteiger partial charge is 0.369 e. The fourth-order valence-corrected chi connectivity index (χ4v) is 4.52. The molecule has 184 valence electrons. The third kappa shape index (κ3) is 5.53. The Kier molecular flexibility index (Phi) is 7.89. The lowest BCUT2D eigenvalue weighted by molar-refractivity contribution is -0.126. The number of rotatable bonds is 6. The highest BCUT2D eigenvalue weighted by Crippen LogP contribution is 2.52. The molecular formula is C29H41N3O2. The Morgan fingerprint density at radius 3 is 2.32 bits per heavy atom. The van der Waals surface area contributed by atoms with Gasteiger partial charge in [-0.15, -0.1) is 0 Å². The van der Waals surface area contributed by atoms with Gasteiger partial charge in [0.1, 0.15) is 5.70 Å².